The maximum Gasteiger partial charge on any atom is 0.573 e. The smallest absolute Gasteiger partial charge is 0.457 e. The standard InChI is InChI=1S/C22H22F3N3O3/c1-21(2,3)31-19(29)13-6-15-4-7-16(8-5-15)20(26)28-14-27-17-9-11-18(12-10-17)30-22(23,24)25/h4-14H,1-3H3,(H2,26,27,28)/p+1. The first-order chi connectivity index (χ1) is 14.4. The Labute approximate surface area is 177 Å². The minimum Gasteiger partial charge on any atom is -0.457 e. The van der Waals surface area contributed by atoms with Crippen molar-refractivity contribution in [1.29, 1.82) is 5.41 Å². The van der Waals surface area contributed by atoms with E-state index in [1.807, 2.05) is 0 Å². The van der Waals surface area contributed by atoms with Crippen LogP contribution in [0.25, 0.3) is 6.08 Å². The summed E-state index contributed by atoms with van der Waals surface area (Å²) in [6.45, 7) is 5.36. The Bertz CT molecular complexity index is 959. The van der Waals surface area contributed by atoms with Gasteiger partial charge in [-0.1, -0.05) is 24.3 Å². The van der Waals surface area contributed by atoms with Crippen molar-refractivity contribution in [3.05, 3.63) is 65.7 Å². The third-order valence-electron chi connectivity index (χ3n) is 3.59. The number of hydrogen-bond acceptors (Lipinski definition) is 4. The maximum atomic E-state index is 12.2. The lowest BCUT2D eigenvalue weighted by atomic mass is 10.1. The second kappa shape index (κ2) is 10.0. The minimum atomic E-state index is -4.73. The van der Waals surface area contributed by atoms with Gasteiger partial charge in [-0.05, 0) is 44.5 Å². The molecule has 6 nitrogen and oxygen atoms in total. The molecule has 0 bridgehead atoms. The largest absolute Gasteiger partial charge is 0.573 e. The van der Waals surface area contributed by atoms with Crippen molar-refractivity contribution in [1.82, 2.24) is 0 Å². The molecule has 3 N–H and O–H groups in total. The number of hydrogen-bond donors (Lipinski definition) is 2. The molecule has 0 fully saturated rings. The fourth-order valence-electron chi connectivity index (χ4n) is 2.31. The molecule has 2 rings (SSSR count). The average molecular weight is 434 g/mol. The molecule has 0 unspecified atom stereocenters. The quantitative estimate of drug-likeness (QED) is 0.235. The highest BCUT2D eigenvalue weighted by atomic mass is 19.4. The lowest BCUT2D eigenvalue weighted by Gasteiger charge is -2.17. The number of ether oxygens (including phenoxy) is 2. The monoisotopic (exact) mass is 434 g/mol. The molecule has 0 atom stereocenters. The highest BCUT2D eigenvalue weighted by Crippen LogP contribution is 2.22. The zero-order valence-corrected chi connectivity index (χ0v) is 17.2. The van der Waals surface area contributed by atoms with Gasteiger partial charge in [0.25, 0.3) is 0 Å². The molecule has 9 heteroatoms. The molecule has 0 saturated heterocycles. The van der Waals surface area contributed by atoms with Gasteiger partial charge in [0, 0.05) is 23.8 Å². The van der Waals surface area contributed by atoms with E-state index in [2.05, 4.69) is 9.73 Å². The molecule has 164 valence electrons. The minimum absolute atomic E-state index is 0.0101. The molecule has 2 aromatic carbocycles. The van der Waals surface area contributed by atoms with Gasteiger partial charge in [0.15, 0.2) is 12.2 Å². The summed E-state index contributed by atoms with van der Waals surface area (Å²) in [5.41, 5.74) is 1.37. The van der Waals surface area contributed by atoms with Gasteiger partial charge < -0.3 is 9.47 Å². The topological polar surface area (TPSA) is 88.4 Å². The molecular weight excluding hydrogens is 411 g/mol. The Hall–Kier alpha value is -3.46. The average Bonchev–Trinajstić information content (AvgIpc) is 2.65. The molecule has 31 heavy (non-hydrogen) atoms. The Balaban J connectivity index is 1.89. The van der Waals surface area contributed by atoms with Crippen LogP contribution in [0.1, 0.15) is 31.9 Å². The van der Waals surface area contributed by atoms with Crippen molar-refractivity contribution in [3.8, 4) is 5.75 Å². The third-order valence-corrected chi connectivity index (χ3v) is 3.59. The van der Waals surface area contributed by atoms with E-state index >= 15 is 0 Å². The number of nitrogens with zero attached hydrogens (tertiary/aromatic N) is 1. The van der Waals surface area contributed by atoms with Crippen molar-refractivity contribution in [2.24, 2.45) is 4.99 Å². The van der Waals surface area contributed by atoms with Gasteiger partial charge in [0.05, 0.1) is 0 Å². The number of benzene rings is 2. The normalized spacial score (nSPS) is 12.3. The lowest BCUT2D eigenvalue weighted by molar-refractivity contribution is -0.432. The number of halogens is 3. The van der Waals surface area contributed by atoms with Crippen LogP contribution in [0.2, 0.25) is 0 Å². The van der Waals surface area contributed by atoms with Gasteiger partial charge in [0.2, 0.25) is 0 Å². The summed E-state index contributed by atoms with van der Waals surface area (Å²) in [6, 6.07) is 12.1. The number of quaternary nitrogens is 1. The summed E-state index contributed by atoms with van der Waals surface area (Å²) >= 11 is 0. The van der Waals surface area contributed by atoms with Crippen LogP contribution in [0.4, 0.5) is 18.9 Å². The summed E-state index contributed by atoms with van der Waals surface area (Å²) in [6.07, 6.45) is -0.393. The van der Waals surface area contributed by atoms with E-state index in [1.165, 1.54) is 36.7 Å². The van der Waals surface area contributed by atoms with Crippen LogP contribution in [-0.4, -0.2) is 30.1 Å². The molecule has 0 radical (unpaired) electrons. The highest BCUT2D eigenvalue weighted by Gasteiger charge is 2.31. The molecule has 0 aliphatic heterocycles. The lowest BCUT2D eigenvalue weighted by Crippen LogP contribution is -2.76. The molecule has 0 aliphatic carbocycles. The van der Waals surface area contributed by atoms with Crippen molar-refractivity contribution < 1.29 is 32.8 Å². The first-order valence-electron chi connectivity index (χ1n) is 9.24. The second-order valence-corrected chi connectivity index (χ2v) is 7.40. The van der Waals surface area contributed by atoms with Gasteiger partial charge in [0.1, 0.15) is 17.0 Å². The fraction of sp³-hybridized carbons (Fsp3) is 0.227. The number of nitrogens with two attached hydrogens (primary N) is 1. The summed E-state index contributed by atoms with van der Waals surface area (Å²) in [4.78, 5) is 15.7. The van der Waals surface area contributed by atoms with Gasteiger partial charge in [-0.15, -0.1) is 13.2 Å². The number of carbonyl (C=O) groups is 1. The molecule has 0 heterocycles. The van der Waals surface area contributed by atoms with E-state index in [0.717, 1.165) is 5.56 Å². The zero-order valence-electron chi connectivity index (χ0n) is 17.2. The molecule has 0 aromatic heterocycles. The van der Waals surface area contributed by atoms with E-state index in [-0.39, 0.29) is 11.6 Å². The van der Waals surface area contributed by atoms with Crippen LogP contribution in [0, 0.1) is 5.41 Å². The van der Waals surface area contributed by atoms with E-state index in [9.17, 15) is 18.0 Å². The van der Waals surface area contributed by atoms with Gasteiger partial charge in [-0.25, -0.2) is 4.79 Å². The maximum absolute atomic E-state index is 12.2. The molecular formula is C22H23F3N3O3+. The number of amidine groups is 1. The van der Waals surface area contributed by atoms with E-state index in [1.54, 1.807) is 56.4 Å². The summed E-state index contributed by atoms with van der Waals surface area (Å²) < 4.78 is 45.5. The molecule has 0 aliphatic rings. The first-order valence-corrected chi connectivity index (χ1v) is 9.24. The Morgan fingerprint density at radius 2 is 1.65 bits per heavy atom. The molecule has 2 aromatic rings. The first kappa shape index (κ1) is 23.8. The Morgan fingerprint density at radius 3 is 2.19 bits per heavy atom. The van der Waals surface area contributed by atoms with Crippen LogP contribution in [0.15, 0.2) is 59.6 Å². The van der Waals surface area contributed by atoms with Crippen molar-refractivity contribution >= 4 is 29.9 Å². The number of alkyl halides is 3. The van der Waals surface area contributed by atoms with E-state index in [4.69, 9.17) is 10.1 Å². The second-order valence-electron chi connectivity index (χ2n) is 7.40. The summed E-state index contributed by atoms with van der Waals surface area (Å²) in [5.74, 6) is -0.742. The number of nitrogens with one attached hydrogen (secondary N) is 1. The van der Waals surface area contributed by atoms with Crippen LogP contribution >= 0.6 is 0 Å². The van der Waals surface area contributed by atoms with Gasteiger partial charge in [-0.2, -0.15) is 4.99 Å². The number of rotatable bonds is 6. The molecule has 0 saturated carbocycles. The van der Waals surface area contributed by atoms with E-state index < -0.39 is 17.9 Å². The Kier molecular flexibility index (Phi) is 7.71. The van der Waals surface area contributed by atoms with Crippen molar-refractivity contribution in [2.45, 2.75) is 32.7 Å². The summed E-state index contributed by atoms with van der Waals surface area (Å²) in [5, 5.41) is 9.57. The van der Waals surface area contributed by atoms with E-state index in [0.29, 0.717) is 11.3 Å². The molecule has 0 spiro atoms. The Morgan fingerprint density at radius 1 is 1.03 bits per heavy atom. The van der Waals surface area contributed by atoms with Crippen molar-refractivity contribution in [3.63, 3.8) is 0 Å². The molecule has 0 amide bonds. The van der Waals surface area contributed by atoms with Crippen LogP contribution in [0.3, 0.4) is 0 Å². The highest BCUT2D eigenvalue weighted by molar-refractivity contribution is 6.00. The van der Waals surface area contributed by atoms with Crippen LogP contribution in [0.5, 0.6) is 5.75 Å². The van der Waals surface area contributed by atoms with Gasteiger partial charge >= 0.3 is 12.3 Å². The third kappa shape index (κ3) is 9.26. The van der Waals surface area contributed by atoms with Crippen LogP contribution in [-0.2, 0) is 9.53 Å². The van der Waals surface area contributed by atoms with Gasteiger partial charge in [-0.3, -0.25) is 10.7 Å². The van der Waals surface area contributed by atoms with Crippen molar-refractivity contribution in [2.75, 3.05) is 0 Å². The number of aliphatic imine (C=N–C) groups is 1. The zero-order chi connectivity index (χ0) is 23.1. The predicted octanol–water partition coefficient (Wildman–Crippen LogP) is 4.19. The van der Waals surface area contributed by atoms with Crippen LogP contribution < -0.4 is 10.1 Å². The predicted molar refractivity (Wildman–Crippen MR) is 111 cm³/mol. The fourth-order valence-corrected chi connectivity index (χ4v) is 2.31. The SMILES string of the molecule is CC(C)(C)OC(=O)C=Cc1ccc(C(=N)N=C[NH2+]c2ccc(OC(F)(F)F)cc2)cc1. The number of esters is 1. The number of carbonyl (C=O) groups excluding carboxylic acids is 1. The summed E-state index contributed by atoms with van der Waals surface area (Å²) in [7, 11) is 0.